The van der Waals surface area contributed by atoms with Gasteiger partial charge in [-0.2, -0.15) is 5.10 Å². The maximum absolute atomic E-state index is 4.67. The number of hydrogen-bond donors (Lipinski definition) is 1. The fraction of sp³-hybridized carbons (Fsp3) is 0.727. The van der Waals surface area contributed by atoms with Gasteiger partial charge >= 0.3 is 0 Å². The van der Waals surface area contributed by atoms with Crippen LogP contribution >= 0.6 is 0 Å². The predicted molar refractivity (Wildman–Crippen MR) is 55.1 cm³/mol. The molecule has 0 bridgehead atoms. The van der Waals surface area contributed by atoms with Gasteiger partial charge in [0.2, 0.25) is 0 Å². The second-order valence-corrected chi connectivity index (χ2v) is 4.39. The van der Waals surface area contributed by atoms with Gasteiger partial charge < -0.3 is 5.32 Å². The Balaban J connectivity index is 1.82. The molecule has 3 heteroatoms. The standard InChI is InChI=1S/C11H17N3/c1-2-6-12-10(5-1)11-8-9-4-3-7-14(9)13-11/h8,10,12H,1-7H2. The van der Waals surface area contributed by atoms with Crippen molar-refractivity contribution in [2.45, 2.75) is 44.7 Å². The average Bonchev–Trinajstić information content (AvgIpc) is 2.78. The van der Waals surface area contributed by atoms with Gasteiger partial charge in [0, 0.05) is 12.2 Å². The van der Waals surface area contributed by atoms with E-state index in [0.29, 0.717) is 6.04 Å². The van der Waals surface area contributed by atoms with Crippen molar-refractivity contribution in [2.75, 3.05) is 6.54 Å². The normalized spacial score (nSPS) is 26.4. The van der Waals surface area contributed by atoms with Gasteiger partial charge in [0.25, 0.3) is 0 Å². The molecule has 1 saturated heterocycles. The van der Waals surface area contributed by atoms with Gasteiger partial charge in [-0.25, -0.2) is 0 Å². The molecular weight excluding hydrogens is 174 g/mol. The molecule has 1 N–H and O–H groups in total. The SMILES string of the molecule is c1c(C2CCCCN2)nn2c1CCC2. The second kappa shape index (κ2) is 3.39. The van der Waals surface area contributed by atoms with Crippen molar-refractivity contribution in [3.63, 3.8) is 0 Å². The summed E-state index contributed by atoms with van der Waals surface area (Å²) in [5.74, 6) is 0. The van der Waals surface area contributed by atoms with E-state index in [2.05, 4.69) is 21.2 Å². The minimum absolute atomic E-state index is 0.529. The highest BCUT2D eigenvalue weighted by molar-refractivity contribution is 5.16. The average molecular weight is 191 g/mol. The summed E-state index contributed by atoms with van der Waals surface area (Å²) in [5, 5.41) is 8.22. The molecule has 1 atom stereocenters. The van der Waals surface area contributed by atoms with Gasteiger partial charge in [0.1, 0.15) is 0 Å². The van der Waals surface area contributed by atoms with Crippen molar-refractivity contribution >= 4 is 0 Å². The van der Waals surface area contributed by atoms with Crippen molar-refractivity contribution in [3.05, 3.63) is 17.5 Å². The van der Waals surface area contributed by atoms with Crippen LogP contribution in [0.25, 0.3) is 0 Å². The lowest BCUT2D eigenvalue weighted by atomic mass is 10.0. The van der Waals surface area contributed by atoms with Crippen LogP contribution < -0.4 is 5.32 Å². The minimum Gasteiger partial charge on any atom is -0.309 e. The lowest BCUT2D eigenvalue weighted by Gasteiger charge is -2.21. The maximum Gasteiger partial charge on any atom is 0.0796 e. The van der Waals surface area contributed by atoms with E-state index < -0.39 is 0 Å². The number of aromatic nitrogens is 2. The van der Waals surface area contributed by atoms with Gasteiger partial charge in [0.05, 0.1) is 11.7 Å². The number of fused-ring (bicyclic) bond motifs is 1. The predicted octanol–water partition coefficient (Wildman–Crippen LogP) is 1.64. The number of piperidine rings is 1. The quantitative estimate of drug-likeness (QED) is 0.731. The highest BCUT2D eigenvalue weighted by atomic mass is 15.3. The van der Waals surface area contributed by atoms with Crippen molar-refractivity contribution in [2.24, 2.45) is 0 Å². The lowest BCUT2D eigenvalue weighted by Crippen LogP contribution is -2.27. The van der Waals surface area contributed by atoms with Crippen LogP contribution in [0.15, 0.2) is 6.07 Å². The first kappa shape index (κ1) is 8.48. The fourth-order valence-corrected chi connectivity index (χ4v) is 2.56. The Labute approximate surface area is 84.5 Å². The van der Waals surface area contributed by atoms with Crippen LogP contribution in [-0.4, -0.2) is 16.3 Å². The molecule has 0 saturated carbocycles. The smallest absolute Gasteiger partial charge is 0.0796 e. The van der Waals surface area contributed by atoms with E-state index in [0.717, 1.165) is 13.1 Å². The van der Waals surface area contributed by atoms with Gasteiger partial charge in [-0.05, 0) is 38.3 Å². The molecule has 3 nitrogen and oxygen atoms in total. The van der Waals surface area contributed by atoms with Gasteiger partial charge in [0.15, 0.2) is 0 Å². The molecule has 1 aromatic heterocycles. The highest BCUT2D eigenvalue weighted by Crippen LogP contribution is 2.24. The third-order valence-electron chi connectivity index (χ3n) is 3.35. The van der Waals surface area contributed by atoms with E-state index in [1.807, 2.05) is 0 Å². The molecular formula is C11H17N3. The molecule has 1 aromatic rings. The first-order valence-electron chi connectivity index (χ1n) is 5.73. The number of rotatable bonds is 1. The number of nitrogens with zero attached hydrogens (tertiary/aromatic N) is 2. The Morgan fingerprint density at radius 2 is 2.36 bits per heavy atom. The summed E-state index contributed by atoms with van der Waals surface area (Å²) in [4.78, 5) is 0. The summed E-state index contributed by atoms with van der Waals surface area (Å²) in [6.07, 6.45) is 6.43. The summed E-state index contributed by atoms with van der Waals surface area (Å²) in [6, 6.07) is 2.83. The molecule has 76 valence electrons. The summed E-state index contributed by atoms with van der Waals surface area (Å²) >= 11 is 0. The summed E-state index contributed by atoms with van der Waals surface area (Å²) < 4.78 is 2.19. The Bertz CT molecular complexity index is 302. The van der Waals surface area contributed by atoms with Crippen molar-refractivity contribution in [1.29, 1.82) is 0 Å². The summed E-state index contributed by atoms with van der Waals surface area (Å²) in [5.41, 5.74) is 2.71. The maximum atomic E-state index is 4.67. The molecule has 0 radical (unpaired) electrons. The number of hydrogen-bond acceptors (Lipinski definition) is 2. The van der Waals surface area contributed by atoms with Crippen LogP contribution in [-0.2, 0) is 13.0 Å². The van der Waals surface area contributed by atoms with E-state index in [-0.39, 0.29) is 0 Å². The monoisotopic (exact) mass is 191 g/mol. The van der Waals surface area contributed by atoms with Gasteiger partial charge in [-0.3, -0.25) is 4.68 Å². The molecule has 1 fully saturated rings. The van der Waals surface area contributed by atoms with Gasteiger partial charge in [-0.1, -0.05) is 6.42 Å². The van der Waals surface area contributed by atoms with Crippen molar-refractivity contribution in [3.8, 4) is 0 Å². The van der Waals surface area contributed by atoms with Gasteiger partial charge in [-0.15, -0.1) is 0 Å². The topological polar surface area (TPSA) is 29.9 Å². The Morgan fingerprint density at radius 3 is 3.14 bits per heavy atom. The Kier molecular flexibility index (Phi) is 2.05. The van der Waals surface area contributed by atoms with E-state index in [9.17, 15) is 0 Å². The zero-order chi connectivity index (χ0) is 9.38. The molecule has 0 spiro atoms. The fourth-order valence-electron chi connectivity index (χ4n) is 2.56. The highest BCUT2D eigenvalue weighted by Gasteiger charge is 2.20. The zero-order valence-electron chi connectivity index (χ0n) is 8.50. The zero-order valence-corrected chi connectivity index (χ0v) is 8.50. The van der Waals surface area contributed by atoms with E-state index in [1.54, 1.807) is 0 Å². The molecule has 0 aromatic carbocycles. The van der Waals surface area contributed by atoms with Crippen LogP contribution in [0, 0.1) is 0 Å². The molecule has 2 aliphatic rings. The number of aryl methyl sites for hydroxylation is 2. The van der Waals surface area contributed by atoms with E-state index in [1.165, 1.54) is 43.5 Å². The number of nitrogens with one attached hydrogen (secondary N) is 1. The first-order valence-corrected chi connectivity index (χ1v) is 5.73. The molecule has 0 amide bonds. The minimum atomic E-state index is 0.529. The molecule has 1 unspecified atom stereocenters. The van der Waals surface area contributed by atoms with Crippen molar-refractivity contribution < 1.29 is 0 Å². The van der Waals surface area contributed by atoms with Crippen LogP contribution in [0.1, 0.15) is 43.1 Å². The van der Waals surface area contributed by atoms with Crippen molar-refractivity contribution in [1.82, 2.24) is 15.1 Å². The molecule has 3 rings (SSSR count). The third kappa shape index (κ3) is 1.36. The molecule has 3 heterocycles. The Morgan fingerprint density at radius 1 is 1.36 bits per heavy atom. The van der Waals surface area contributed by atoms with E-state index >= 15 is 0 Å². The lowest BCUT2D eigenvalue weighted by molar-refractivity contribution is 0.401. The molecule has 0 aliphatic carbocycles. The second-order valence-electron chi connectivity index (χ2n) is 4.39. The molecule has 14 heavy (non-hydrogen) atoms. The Hall–Kier alpha value is -0.830. The third-order valence-corrected chi connectivity index (χ3v) is 3.35. The van der Waals surface area contributed by atoms with Crippen LogP contribution in [0.5, 0.6) is 0 Å². The molecule has 2 aliphatic heterocycles. The summed E-state index contributed by atoms with van der Waals surface area (Å²) in [7, 11) is 0. The van der Waals surface area contributed by atoms with Crippen LogP contribution in [0.2, 0.25) is 0 Å². The van der Waals surface area contributed by atoms with Crippen LogP contribution in [0.3, 0.4) is 0 Å². The van der Waals surface area contributed by atoms with Crippen LogP contribution in [0.4, 0.5) is 0 Å². The summed E-state index contributed by atoms with van der Waals surface area (Å²) in [6.45, 7) is 2.29. The van der Waals surface area contributed by atoms with E-state index in [4.69, 9.17) is 0 Å². The first-order chi connectivity index (χ1) is 6.93. The largest absolute Gasteiger partial charge is 0.309 e.